The largest absolute Gasteiger partial charge is 0.444 e. The molecule has 0 radical (unpaired) electrons. The molecule has 0 bridgehead atoms. The van der Waals surface area contributed by atoms with E-state index < -0.39 is 29.3 Å². The van der Waals surface area contributed by atoms with Gasteiger partial charge in [-0.25, -0.2) is 14.4 Å². The van der Waals surface area contributed by atoms with Crippen molar-refractivity contribution in [3.05, 3.63) is 75.1 Å². The molecule has 2 aromatic carbocycles. The van der Waals surface area contributed by atoms with E-state index in [0.717, 1.165) is 11.1 Å². The number of hydrogen-bond donors (Lipinski definition) is 1. The second kappa shape index (κ2) is 11.6. The van der Waals surface area contributed by atoms with E-state index in [-0.39, 0.29) is 5.75 Å². The van der Waals surface area contributed by atoms with Gasteiger partial charge in [-0.2, -0.15) is 11.8 Å². The van der Waals surface area contributed by atoms with E-state index in [2.05, 4.69) is 5.32 Å². The molecule has 1 aromatic heterocycles. The molecule has 192 valence electrons. The van der Waals surface area contributed by atoms with Gasteiger partial charge in [0.1, 0.15) is 23.0 Å². The van der Waals surface area contributed by atoms with Gasteiger partial charge >= 0.3 is 17.7 Å². The summed E-state index contributed by atoms with van der Waals surface area (Å²) in [6.07, 6.45) is 2.00. The summed E-state index contributed by atoms with van der Waals surface area (Å²) in [4.78, 5) is 38.4. The predicted octanol–water partition coefficient (Wildman–Crippen LogP) is 5.55. The number of esters is 1. The summed E-state index contributed by atoms with van der Waals surface area (Å²) >= 11 is 1.56. The van der Waals surface area contributed by atoms with Crippen molar-refractivity contribution >= 4 is 34.8 Å². The lowest BCUT2D eigenvalue weighted by atomic mass is 9.98. The van der Waals surface area contributed by atoms with Gasteiger partial charge in [0.15, 0.2) is 0 Å². The fourth-order valence-corrected chi connectivity index (χ4v) is 4.31. The highest BCUT2D eigenvalue weighted by molar-refractivity contribution is 7.98. The molecule has 0 spiro atoms. The normalized spacial score (nSPS) is 12.3. The number of hydrogen-bond acceptors (Lipinski definition) is 7. The zero-order chi connectivity index (χ0) is 26.5. The van der Waals surface area contributed by atoms with Crippen LogP contribution >= 0.6 is 11.8 Å². The first-order valence-corrected chi connectivity index (χ1v) is 13.2. The Balaban J connectivity index is 1.97. The average molecular weight is 512 g/mol. The molecular formula is C28H33NO6S. The van der Waals surface area contributed by atoms with E-state index in [1.165, 1.54) is 0 Å². The smallest absolute Gasteiger partial charge is 0.408 e. The maximum atomic E-state index is 13.2. The standard InChI is InChI=1S/C28H33NO6S/c1-17-14-22-24(18(2)20(25(30)33-22)16-19-10-8-7-9-11-19)23(15-17)34-26(31)21(12-13-36-6)29-27(32)35-28(3,4)5/h7-11,14-15,21H,12-13,16H2,1-6H3,(H,29,32). The number of thioether (sulfide) groups is 1. The molecular weight excluding hydrogens is 478 g/mol. The highest BCUT2D eigenvalue weighted by atomic mass is 32.2. The van der Waals surface area contributed by atoms with Crippen LogP contribution in [-0.4, -0.2) is 35.7 Å². The molecule has 3 rings (SSSR count). The highest BCUT2D eigenvalue weighted by Crippen LogP contribution is 2.32. The number of carbonyl (C=O) groups excluding carboxylic acids is 2. The molecule has 1 unspecified atom stereocenters. The Kier molecular flexibility index (Phi) is 8.84. The fourth-order valence-electron chi connectivity index (χ4n) is 3.84. The van der Waals surface area contributed by atoms with E-state index in [1.54, 1.807) is 44.7 Å². The van der Waals surface area contributed by atoms with Gasteiger partial charge in [0.25, 0.3) is 0 Å². The summed E-state index contributed by atoms with van der Waals surface area (Å²) < 4.78 is 16.8. The average Bonchev–Trinajstić information content (AvgIpc) is 2.78. The van der Waals surface area contributed by atoms with Gasteiger partial charge in [0, 0.05) is 12.0 Å². The maximum absolute atomic E-state index is 13.2. The molecule has 0 aliphatic carbocycles. The van der Waals surface area contributed by atoms with Gasteiger partial charge in [-0.3, -0.25) is 0 Å². The topological polar surface area (TPSA) is 94.8 Å². The van der Waals surface area contributed by atoms with E-state index in [4.69, 9.17) is 13.9 Å². The monoisotopic (exact) mass is 511 g/mol. The molecule has 0 saturated carbocycles. The van der Waals surface area contributed by atoms with Gasteiger partial charge in [-0.15, -0.1) is 0 Å². The van der Waals surface area contributed by atoms with Crippen LogP contribution in [0.2, 0.25) is 0 Å². The summed E-state index contributed by atoms with van der Waals surface area (Å²) in [6, 6.07) is 12.2. The van der Waals surface area contributed by atoms with E-state index in [0.29, 0.717) is 40.7 Å². The number of carbonyl (C=O) groups is 2. The molecule has 1 N–H and O–H groups in total. The predicted molar refractivity (Wildman–Crippen MR) is 143 cm³/mol. The van der Waals surface area contributed by atoms with Crippen LogP contribution in [0.25, 0.3) is 11.0 Å². The first kappa shape index (κ1) is 27.3. The maximum Gasteiger partial charge on any atom is 0.408 e. The molecule has 8 heteroatoms. The third-order valence-electron chi connectivity index (χ3n) is 5.51. The molecule has 0 aliphatic heterocycles. The van der Waals surface area contributed by atoms with E-state index >= 15 is 0 Å². The Morgan fingerprint density at radius 2 is 1.81 bits per heavy atom. The minimum atomic E-state index is -0.900. The number of ether oxygens (including phenoxy) is 2. The Morgan fingerprint density at radius 1 is 1.11 bits per heavy atom. The van der Waals surface area contributed by atoms with Gasteiger partial charge in [-0.1, -0.05) is 30.3 Å². The Bertz CT molecular complexity index is 1290. The molecule has 0 aliphatic rings. The SMILES string of the molecule is CSCCC(NC(=O)OC(C)(C)C)C(=O)Oc1cc(C)cc2oc(=O)c(Cc3ccccc3)c(C)c12. The van der Waals surface area contributed by atoms with Crippen molar-refractivity contribution in [3.8, 4) is 5.75 Å². The van der Waals surface area contributed by atoms with Crippen LogP contribution in [0.4, 0.5) is 4.79 Å². The second-order valence-corrected chi connectivity index (χ2v) is 10.7. The molecule has 3 aromatic rings. The minimum absolute atomic E-state index is 0.283. The summed E-state index contributed by atoms with van der Waals surface area (Å²) in [5.74, 6) is 0.307. The number of rotatable bonds is 8. The van der Waals surface area contributed by atoms with Crippen molar-refractivity contribution in [3.63, 3.8) is 0 Å². The van der Waals surface area contributed by atoms with Gasteiger partial charge < -0.3 is 19.2 Å². The minimum Gasteiger partial charge on any atom is -0.444 e. The molecule has 1 atom stereocenters. The van der Waals surface area contributed by atoms with Crippen LogP contribution in [0.3, 0.4) is 0 Å². The molecule has 36 heavy (non-hydrogen) atoms. The van der Waals surface area contributed by atoms with Crippen molar-refractivity contribution in [1.82, 2.24) is 5.32 Å². The first-order chi connectivity index (χ1) is 17.0. The van der Waals surface area contributed by atoms with Crippen LogP contribution in [0.15, 0.2) is 51.7 Å². The Hall–Kier alpha value is -3.26. The number of benzene rings is 2. The zero-order valence-corrected chi connectivity index (χ0v) is 22.4. The molecule has 1 amide bonds. The van der Waals surface area contributed by atoms with Gasteiger partial charge in [0.05, 0.1) is 5.39 Å². The first-order valence-electron chi connectivity index (χ1n) is 11.8. The number of aryl methyl sites for hydroxylation is 2. The quantitative estimate of drug-likeness (QED) is 0.241. The second-order valence-electron chi connectivity index (χ2n) is 9.69. The zero-order valence-electron chi connectivity index (χ0n) is 21.6. The van der Waals surface area contributed by atoms with Crippen molar-refractivity contribution in [1.29, 1.82) is 0 Å². The third-order valence-corrected chi connectivity index (χ3v) is 6.15. The van der Waals surface area contributed by atoms with E-state index in [1.807, 2.05) is 50.4 Å². The van der Waals surface area contributed by atoms with Crippen LogP contribution in [0.1, 0.15) is 49.4 Å². The van der Waals surface area contributed by atoms with Crippen molar-refractivity contribution in [2.24, 2.45) is 0 Å². The van der Waals surface area contributed by atoms with Crippen molar-refractivity contribution < 1.29 is 23.5 Å². The van der Waals surface area contributed by atoms with Crippen LogP contribution < -0.4 is 15.7 Å². The Labute approximate surface area is 215 Å². The third kappa shape index (κ3) is 7.13. The van der Waals surface area contributed by atoms with Crippen LogP contribution in [0, 0.1) is 13.8 Å². The number of alkyl carbamates (subject to hydrolysis) is 1. The Morgan fingerprint density at radius 3 is 2.44 bits per heavy atom. The lowest BCUT2D eigenvalue weighted by Gasteiger charge is -2.23. The van der Waals surface area contributed by atoms with Crippen molar-refractivity contribution in [2.45, 2.75) is 59.1 Å². The summed E-state index contributed by atoms with van der Waals surface area (Å²) in [5.41, 5.74) is 2.15. The van der Waals surface area contributed by atoms with E-state index in [9.17, 15) is 14.4 Å². The summed E-state index contributed by atoms with van der Waals surface area (Å²) in [5, 5.41) is 3.19. The molecule has 1 heterocycles. The lowest BCUT2D eigenvalue weighted by molar-refractivity contribution is -0.136. The number of nitrogens with one attached hydrogen (secondary N) is 1. The number of fused-ring (bicyclic) bond motifs is 1. The van der Waals surface area contributed by atoms with Crippen LogP contribution in [0.5, 0.6) is 5.75 Å². The van der Waals surface area contributed by atoms with Crippen LogP contribution in [-0.2, 0) is 16.0 Å². The van der Waals surface area contributed by atoms with Gasteiger partial charge in [0.2, 0.25) is 0 Å². The summed E-state index contributed by atoms with van der Waals surface area (Å²) in [7, 11) is 0. The highest BCUT2D eigenvalue weighted by Gasteiger charge is 2.27. The summed E-state index contributed by atoms with van der Waals surface area (Å²) in [6.45, 7) is 8.92. The van der Waals surface area contributed by atoms with Crippen molar-refractivity contribution in [2.75, 3.05) is 12.0 Å². The molecule has 0 fully saturated rings. The number of amides is 1. The lowest BCUT2D eigenvalue weighted by Crippen LogP contribution is -2.45. The molecule has 7 nitrogen and oxygen atoms in total. The molecule has 0 saturated heterocycles. The fraction of sp³-hybridized carbons (Fsp3) is 0.393. The van der Waals surface area contributed by atoms with Gasteiger partial charge in [-0.05, 0) is 81.9 Å².